The highest BCUT2D eigenvalue weighted by Crippen LogP contribution is 2.07. The van der Waals surface area contributed by atoms with Gasteiger partial charge in [-0.1, -0.05) is 0 Å². The van der Waals surface area contributed by atoms with E-state index in [2.05, 4.69) is 10.00 Å². The van der Waals surface area contributed by atoms with Gasteiger partial charge < -0.3 is 14.6 Å². The molecule has 0 aliphatic carbocycles. The molecule has 0 aromatic carbocycles. The first-order valence-corrected chi connectivity index (χ1v) is 6.74. The van der Waals surface area contributed by atoms with Gasteiger partial charge in [0.2, 0.25) is 0 Å². The highest BCUT2D eigenvalue weighted by Gasteiger charge is 2.16. The number of hydrogen-bond acceptors (Lipinski definition) is 5. The first-order chi connectivity index (χ1) is 9.63. The fraction of sp³-hybridized carbons (Fsp3) is 0.692. The van der Waals surface area contributed by atoms with Crippen LogP contribution >= 0.6 is 0 Å². The van der Waals surface area contributed by atoms with Crippen LogP contribution in [0, 0.1) is 0 Å². The number of carboxylic acids is 1. The van der Waals surface area contributed by atoms with Gasteiger partial charge in [0, 0.05) is 24.8 Å². The maximum atomic E-state index is 10.5. The van der Waals surface area contributed by atoms with E-state index in [0.717, 1.165) is 18.7 Å². The third-order valence-electron chi connectivity index (χ3n) is 3.09. The number of ether oxygens (including phenoxy) is 2. The van der Waals surface area contributed by atoms with Crippen molar-refractivity contribution < 1.29 is 19.4 Å². The van der Waals surface area contributed by atoms with Crippen molar-refractivity contribution in [2.45, 2.75) is 25.6 Å². The second kappa shape index (κ2) is 7.37. The number of rotatable bonds is 7. The summed E-state index contributed by atoms with van der Waals surface area (Å²) in [6, 6.07) is 0. The number of nitrogens with zero attached hydrogens (tertiary/aromatic N) is 3. The van der Waals surface area contributed by atoms with Crippen molar-refractivity contribution in [2.24, 2.45) is 0 Å². The molecule has 1 aliphatic rings. The van der Waals surface area contributed by atoms with E-state index < -0.39 is 5.97 Å². The van der Waals surface area contributed by atoms with Gasteiger partial charge in [0.25, 0.3) is 0 Å². The molecule has 1 saturated heterocycles. The lowest BCUT2D eigenvalue weighted by Crippen LogP contribution is -2.38. The Balaban J connectivity index is 1.75. The Bertz CT molecular complexity index is 429. The molecule has 1 atom stereocenters. The van der Waals surface area contributed by atoms with E-state index in [-0.39, 0.29) is 12.5 Å². The molecule has 2 heterocycles. The minimum absolute atomic E-state index is 0.0875. The van der Waals surface area contributed by atoms with Gasteiger partial charge >= 0.3 is 5.97 Å². The summed E-state index contributed by atoms with van der Waals surface area (Å²) in [5.41, 5.74) is 1.06. The van der Waals surface area contributed by atoms with Crippen molar-refractivity contribution >= 4 is 5.97 Å². The van der Waals surface area contributed by atoms with E-state index in [1.165, 1.54) is 0 Å². The van der Waals surface area contributed by atoms with Gasteiger partial charge in [0.1, 0.15) is 0 Å². The van der Waals surface area contributed by atoms with E-state index in [4.69, 9.17) is 14.6 Å². The van der Waals surface area contributed by atoms with Gasteiger partial charge in [-0.25, -0.2) is 0 Å². The second-order valence-corrected chi connectivity index (χ2v) is 5.02. The monoisotopic (exact) mass is 283 g/mol. The predicted octanol–water partition coefficient (Wildman–Crippen LogP) is 0.205. The Morgan fingerprint density at radius 3 is 3.15 bits per heavy atom. The molecule has 112 valence electrons. The largest absolute Gasteiger partial charge is 0.481 e. The predicted molar refractivity (Wildman–Crippen MR) is 71.4 cm³/mol. The standard InChI is InChI=1S/C13H21N3O4/c1-15(9-12-10-19-4-5-20-12)7-11-6-14-16(8-11)3-2-13(17)18/h6,8,12H,2-5,7,9-10H2,1H3,(H,17,18)/t12-/m1/s1. The highest BCUT2D eigenvalue weighted by molar-refractivity contribution is 5.66. The zero-order chi connectivity index (χ0) is 14.4. The molecule has 1 aromatic rings. The van der Waals surface area contributed by atoms with Crippen LogP contribution in [0.1, 0.15) is 12.0 Å². The van der Waals surface area contributed by atoms with Crippen LogP contribution in [0.3, 0.4) is 0 Å². The quantitative estimate of drug-likeness (QED) is 0.770. The minimum atomic E-state index is -0.811. The lowest BCUT2D eigenvalue weighted by atomic mass is 10.3. The van der Waals surface area contributed by atoms with Crippen LogP contribution in [-0.4, -0.2) is 65.3 Å². The third-order valence-corrected chi connectivity index (χ3v) is 3.09. The Kier molecular flexibility index (Phi) is 5.51. The van der Waals surface area contributed by atoms with E-state index >= 15 is 0 Å². The zero-order valence-corrected chi connectivity index (χ0v) is 11.7. The number of aryl methyl sites for hydroxylation is 1. The zero-order valence-electron chi connectivity index (χ0n) is 11.7. The fourth-order valence-electron chi connectivity index (χ4n) is 2.19. The van der Waals surface area contributed by atoms with Gasteiger partial charge in [0.15, 0.2) is 0 Å². The average molecular weight is 283 g/mol. The first-order valence-electron chi connectivity index (χ1n) is 6.74. The van der Waals surface area contributed by atoms with E-state index in [0.29, 0.717) is 26.4 Å². The molecule has 1 N–H and O–H groups in total. The van der Waals surface area contributed by atoms with E-state index in [1.807, 2.05) is 13.2 Å². The van der Waals surface area contributed by atoms with Crippen LogP contribution in [0.4, 0.5) is 0 Å². The molecule has 0 bridgehead atoms. The highest BCUT2D eigenvalue weighted by atomic mass is 16.6. The molecular formula is C13H21N3O4. The van der Waals surface area contributed by atoms with E-state index in [9.17, 15) is 4.79 Å². The SMILES string of the molecule is CN(Cc1cnn(CCC(=O)O)c1)C[C@@H]1COCCO1. The molecule has 0 spiro atoms. The molecular weight excluding hydrogens is 262 g/mol. The molecule has 2 rings (SSSR count). The number of carbonyl (C=O) groups is 1. The average Bonchev–Trinajstić information content (AvgIpc) is 2.85. The summed E-state index contributed by atoms with van der Waals surface area (Å²) in [5.74, 6) is -0.811. The Labute approximate surface area is 118 Å². The number of aromatic nitrogens is 2. The summed E-state index contributed by atoms with van der Waals surface area (Å²) >= 11 is 0. The van der Waals surface area contributed by atoms with Gasteiger partial charge in [-0.3, -0.25) is 14.4 Å². The van der Waals surface area contributed by atoms with Crippen LogP contribution in [0.5, 0.6) is 0 Å². The van der Waals surface area contributed by atoms with Crippen LogP contribution in [0.2, 0.25) is 0 Å². The second-order valence-electron chi connectivity index (χ2n) is 5.02. The molecule has 1 aromatic heterocycles. The molecule has 0 amide bonds. The summed E-state index contributed by atoms with van der Waals surface area (Å²) in [5, 5.41) is 12.8. The maximum Gasteiger partial charge on any atom is 0.305 e. The van der Waals surface area contributed by atoms with Gasteiger partial charge in [-0.2, -0.15) is 5.10 Å². The van der Waals surface area contributed by atoms with Crippen LogP contribution in [0.25, 0.3) is 0 Å². The number of hydrogen-bond donors (Lipinski definition) is 1. The first kappa shape index (κ1) is 15.0. The van der Waals surface area contributed by atoms with Crippen molar-refractivity contribution in [2.75, 3.05) is 33.4 Å². The lowest BCUT2D eigenvalue weighted by molar-refractivity contribution is -0.137. The molecule has 0 saturated carbocycles. The Morgan fingerprint density at radius 1 is 1.60 bits per heavy atom. The van der Waals surface area contributed by atoms with Crippen molar-refractivity contribution in [3.63, 3.8) is 0 Å². The number of carboxylic acid groups (broad SMARTS) is 1. The van der Waals surface area contributed by atoms with Gasteiger partial charge in [-0.05, 0) is 7.05 Å². The summed E-state index contributed by atoms with van der Waals surface area (Å²) < 4.78 is 12.6. The molecule has 1 fully saturated rings. The third kappa shape index (κ3) is 4.92. The normalized spacial score (nSPS) is 19.4. The number of aliphatic carboxylic acids is 1. The van der Waals surface area contributed by atoms with Crippen molar-refractivity contribution in [3.8, 4) is 0 Å². The fourth-order valence-corrected chi connectivity index (χ4v) is 2.19. The maximum absolute atomic E-state index is 10.5. The van der Waals surface area contributed by atoms with Crippen LogP contribution < -0.4 is 0 Å². The Hall–Kier alpha value is -1.44. The van der Waals surface area contributed by atoms with Gasteiger partial charge in [-0.15, -0.1) is 0 Å². The molecule has 0 unspecified atom stereocenters. The summed E-state index contributed by atoms with van der Waals surface area (Å²) in [4.78, 5) is 12.7. The summed E-state index contributed by atoms with van der Waals surface area (Å²) in [6.07, 6.45) is 3.87. The van der Waals surface area contributed by atoms with Gasteiger partial charge in [0.05, 0.1) is 45.1 Å². The molecule has 7 nitrogen and oxygen atoms in total. The van der Waals surface area contributed by atoms with Crippen LogP contribution in [-0.2, 0) is 27.4 Å². The van der Waals surface area contributed by atoms with Crippen molar-refractivity contribution in [3.05, 3.63) is 18.0 Å². The van der Waals surface area contributed by atoms with Crippen LogP contribution in [0.15, 0.2) is 12.4 Å². The lowest BCUT2D eigenvalue weighted by Gasteiger charge is -2.27. The number of likely N-dealkylation sites (N-methyl/N-ethyl adjacent to an activating group) is 1. The molecule has 20 heavy (non-hydrogen) atoms. The molecule has 7 heteroatoms. The topological polar surface area (TPSA) is 76.8 Å². The molecule has 1 aliphatic heterocycles. The Morgan fingerprint density at radius 2 is 2.45 bits per heavy atom. The van der Waals surface area contributed by atoms with E-state index in [1.54, 1.807) is 10.9 Å². The summed E-state index contributed by atoms with van der Waals surface area (Å²) in [7, 11) is 2.02. The van der Waals surface area contributed by atoms with Crippen molar-refractivity contribution in [1.82, 2.24) is 14.7 Å². The summed E-state index contributed by atoms with van der Waals surface area (Å²) in [6.45, 7) is 3.94. The minimum Gasteiger partial charge on any atom is -0.481 e. The molecule has 0 radical (unpaired) electrons. The smallest absolute Gasteiger partial charge is 0.305 e. The van der Waals surface area contributed by atoms with Crippen molar-refractivity contribution in [1.29, 1.82) is 0 Å².